The average Bonchev–Trinajstić information content (AvgIpc) is 2.65. The summed E-state index contributed by atoms with van der Waals surface area (Å²) in [6.07, 6.45) is 0. The number of aryl methyl sites for hydroxylation is 1. The van der Waals surface area contributed by atoms with Crippen LogP contribution in [0.4, 0.5) is 0 Å². The van der Waals surface area contributed by atoms with Gasteiger partial charge < -0.3 is 20.5 Å². The highest BCUT2D eigenvalue weighted by atomic mass is 127. The van der Waals surface area contributed by atoms with Gasteiger partial charge in [-0.1, -0.05) is 38.1 Å². The Hall–Kier alpha value is -0.900. The SMILES string of the molecule is CCNC(=NCC(C)(O)CN1CCOCC1)NCC(C)(C)c1ccccc1C.I. The Kier molecular flexibility index (Phi) is 10.9. The molecule has 0 saturated carbocycles. The predicted octanol–water partition coefficient (Wildman–Crippen LogP) is 2.53. The fraction of sp³-hybridized carbons (Fsp3) is 0.682. The minimum atomic E-state index is -0.870. The van der Waals surface area contributed by atoms with Crippen LogP contribution in [0, 0.1) is 6.92 Å². The highest BCUT2D eigenvalue weighted by molar-refractivity contribution is 14.0. The lowest BCUT2D eigenvalue weighted by molar-refractivity contribution is -0.0179. The summed E-state index contributed by atoms with van der Waals surface area (Å²) in [6.45, 7) is 16.2. The molecule has 0 aromatic heterocycles. The zero-order chi connectivity index (χ0) is 20.6. The maximum absolute atomic E-state index is 10.8. The van der Waals surface area contributed by atoms with Gasteiger partial charge in [-0.15, -0.1) is 24.0 Å². The van der Waals surface area contributed by atoms with E-state index in [-0.39, 0.29) is 29.4 Å². The smallest absolute Gasteiger partial charge is 0.191 e. The zero-order valence-corrected chi connectivity index (χ0v) is 21.0. The predicted molar refractivity (Wildman–Crippen MR) is 131 cm³/mol. The Morgan fingerprint density at radius 3 is 2.45 bits per heavy atom. The van der Waals surface area contributed by atoms with Crippen molar-refractivity contribution in [3.63, 3.8) is 0 Å². The van der Waals surface area contributed by atoms with Crippen molar-refractivity contribution in [3.05, 3.63) is 35.4 Å². The van der Waals surface area contributed by atoms with Crippen molar-refractivity contribution in [2.45, 2.75) is 45.6 Å². The van der Waals surface area contributed by atoms with Crippen LogP contribution in [-0.2, 0) is 10.2 Å². The molecule has 0 amide bonds. The molecular weight excluding hydrogens is 479 g/mol. The number of hydrogen-bond donors (Lipinski definition) is 3. The lowest BCUT2D eigenvalue weighted by Gasteiger charge is -2.33. The summed E-state index contributed by atoms with van der Waals surface area (Å²) in [4.78, 5) is 6.89. The van der Waals surface area contributed by atoms with Crippen molar-refractivity contribution in [1.82, 2.24) is 15.5 Å². The van der Waals surface area contributed by atoms with Gasteiger partial charge in [-0.25, -0.2) is 0 Å². The molecule has 1 aromatic rings. The summed E-state index contributed by atoms with van der Waals surface area (Å²) in [7, 11) is 0. The lowest BCUT2D eigenvalue weighted by Crippen LogP contribution is -2.48. The van der Waals surface area contributed by atoms with E-state index in [0.29, 0.717) is 13.1 Å². The fourth-order valence-corrected chi connectivity index (χ4v) is 3.61. The molecule has 0 spiro atoms. The number of β-amino-alcohol motifs (C(OH)–C–C–N with tert-alkyl or cyclic N) is 1. The van der Waals surface area contributed by atoms with Crippen molar-refractivity contribution in [2.75, 3.05) is 52.5 Å². The first kappa shape index (κ1) is 26.1. The van der Waals surface area contributed by atoms with E-state index >= 15 is 0 Å². The molecule has 1 aromatic carbocycles. The van der Waals surface area contributed by atoms with E-state index in [4.69, 9.17) is 4.74 Å². The Labute approximate surface area is 193 Å². The lowest BCUT2D eigenvalue weighted by atomic mass is 9.82. The number of guanidine groups is 1. The molecule has 1 unspecified atom stereocenters. The number of ether oxygens (including phenoxy) is 1. The minimum Gasteiger partial charge on any atom is -0.387 e. The molecule has 29 heavy (non-hydrogen) atoms. The summed E-state index contributed by atoms with van der Waals surface area (Å²) >= 11 is 0. The van der Waals surface area contributed by atoms with E-state index in [2.05, 4.69) is 72.5 Å². The summed E-state index contributed by atoms with van der Waals surface area (Å²) in [6, 6.07) is 8.50. The molecule has 0 radical (unpaired) electrons. The molecule has 0 aliphatic carbocycles. The van der Waals surface area contributed by atoms with Crippen LogP contribution < -0.4 is 10.6 Å². The van der Waals surface area contributed by atoms with Gasteiger partial charge in [-0.05, 0) is 31.9 Å². The Balaban J connectivity index is 0.00000420. The van der Waals surface area contributed by atoms with E-state index in [9.17, 15) is 5.11 Å². The third kappa shape index (κ3) is 8.78. The molecule has 1 saturated heterocycles. The second-order valence-electron chi connectivity index (χ2n) is 8.63. The number of benzene rings is 1. The van der Waals surface area contributed by atoms with Crippen molar-refractivity contribution in [3.8, 4) is 0 Å². The first-order chi connectivity index (χ1) is 13.2. The van der Waals surface area contributed by atoms with Crippen LogP contribution in [-0.4, -0.2) is 74.0 Å². The molecule has 1 aliphatic heterocycles. The van der Waals surface area contributed by atoms with E-state index < -0.39 is 5.60 Å². The van der Waals surface area contributed by atoms with E-state index in [1.807, 2.05) is 6.92 Å². The van der Waals surface area contributed by atoms with E-state index in [1.54, 1.807) is 0 Å². The molecule has 1 atom stereocenters. The largest absolute Gasteiger partial charge is 0.387 e. The molecule has 3 N–H and O–H groups in total. The van der Waals surface area contributed by atoms with Crippen molar-refractivity contribution >= 4 is 29.9 Å². The molecule has 1 aliphatic rings. The number of morpholine rings is 1. The van der Waals surface area contributed by atoms with Crippen molar-refractivity contribution in [2.24, 2.45) is 4.99 Å². The molecule has 2 rings (SSSR count). The van der Waals surface area contributed by atoms with Crippen LogP contribution in [0.3, 0.4) is 0 Å². The van der Waals surface area contributed by atoms with Crippen LogP contribution in [0.2, 0.25) is 0 Å². The molecule has 1 heterocycles. The van der Waals surface area contributed by atoms with Gasteiger partial charge in [0.2, 0.25) is 0 Å². The van der Waals surface area contributed by atoms with Gasteiger partial charge in [0.15, 0.2) is 5.96 Å². The molecule has 6 nitrogen and oxygen atoms in total. The standard InChI is InChI=1S/C22H38N4O2.HI/c1-6-23-20(24-15-21(3,4)19-10-8-7-9-18(19)2)25-16-22(5,27)17-26-11-13-28-14-12-26;/h7-10,27H,6,11-17H2,1-5H3,(H2,23,24,25);1H. The van der Waals surface area contributed by atoms with Crippen LogP contribution in [0.25, 0.3) is 0 Å². The topological polar surface area (TPSA) is 69.1 Å². The number of hydrogen-bond acceptors (Lipinski definition) is 4. The average molecular weight is 518 g/mol. The van der Waals surface area contributed by atoms with Crippen molar-refractivity contribution in [1.29, 1.82) is 0 Å². The molecular formula is C22H39IN4O2. The molecule has 1 fully saturated rings. The van der Waals surface area contributed by atoms with Crippen LogP contribution in [0.1, 0.15) is 38.8 Å². The number of aliphatic imine (C=N–C) groups is 1. The van der Waals surface area contributed by atoms with Crippen LogP contribution in [0.15, 0.2) is 29.3 Å². The summed E-state index contributed by atoms with van der Waals surface area (Å²) < 4.78 is 5.38. The maximum atomic E-state index is 10.8. The van der Waals surface area contributed by atoms with Gasteiger partial charge in [-0.3, -0.25) is 9.89 Å². The normalized spacial score (nSPS) is 17.9. The number of rotatable bonds is 8. The minimum absolute atomic E-state index is 0. The number of aliphatic hydroxyl groups is 1. The number of nitrogens with zero attached hydrogens (tertiary/aromatic N) is 2. The van der Waals surface area contributed by atoms with Gasteiger partial charge in [0.1, 0.15) is 0 Å². The second kappa shape index (κ2) is 12.1. The van der Waals surface area contributed by atoms with Gasteiger partial charge in [0, 0.05) is 38.1 Å². The van der Waals surface area contributed by atoms with Crippen molar-refractivity contribution < 1.29 is 9.84 Å². The van der Waals surface area contributed by atoms with Crippen LogP contribution >= 0.6 is 24.0 Å². The Bertz CT molecular complexity index is 643. The fourth-order valence-electron chi connectivity index (χ4n) is 3.61. The highest BCUT2D eigenvalue weighted by Gasteiger charge is 2.26. The first-order valence-corrected chi connectivity index (χ1v) is 10.3. The van der Waals surface area contributed by atoms with Crippen LogP contribution in [0.5, 0.6) is 0 Å². The zero-order valence-electron chi connectivity index (χ0n) is 18.6. The van der Waals surface area contributed by atoms with E-state index in [0.717, 1.165) is 45.4 Å². The molecule has 7 heteroatoms. The summed E-state index contributed by atoms with van der Waals surface area (Å²) in [5, 5.41) is 17.5. The second-order valence-corrected chi connectivity index (χ2v) is 8.63. The van der Waals surface area contributed by atoms with Gasteiger partial charge in [-0.2, -0.15) is 0 Å². The monoisotopic (exact) mass is 518 g/mol. The van der Waals surface area contributed by atoms with Gasteiger partial charge in [0.25, 0.3) is 0 Å². The Morgan fingerprint density at radius 1 is 1.17 bits per heavy atom. The third-order valence-electron chi connectivity index (χ3n) is 5.16. The molecule has 166 valence electrons. The Morgan fingerprint density at radius 2 is 1.83 bits per heavy atom. The van der Waals surface area contributed by atoms with Gasteiger partial charge >= 0.3 is 0 Å². The maximum Gasteiger partial charge on any atom is 0.191 e. The molecule has 0 bridgehead atoms. The van der Waals surface area contributed by atoms with Gasteiger partial charge in [0.05, 0.1) is 25.4 Å². The van der Waals surface area contributed by atoms with E-state index in [1.165, 1.54) is 11.1 Å². The summed E-state index contributed by atoms with van der Waals surface area (Å²) in [5.41, 5.74) is 1.73. The number of halogens is 1. The highest BCUT2D eigenvalue weighted by Crippen LogP contribution is 2.25. The first-order valence-electron chi connectivity index (χ1n) is 10.3. The summed E-state index contributed by atoms with van der Waals surface area (Å²) in [5.74, 6) is 0.742. The third-order valence-corrected chi connectivity index (χ3v) is 5.16. The quantitative estimate of drug-likeness (QED) is 0.281. The number of nitrogens with one attached hydrogen (secondary N) is 2.